The molecule has 27 heavy (non-hydrogen) atoms. The number of carbonyl (C=O) groups is 2. The Balaban J connectivity index is 1.94. The van der Waals surface area contributed by atoms with Gasteiger partial charge in [-0.25, -0.2) is 0 Å². The van der Waals surface area contributed by atoms with E-state index in [2.05, 4.69) is 10.6 Å². The van der Waals surface area contributed by atoms with Crippen LogP contribution in [0.1, 0.15) is 16.5 Å². The Morgan fingerprint density at radius 2 is 1.96 bits per heavy atom. The number of thiophene rings is 1. The van der Waals surface area contributed by atoms with Crippen LogP contribution in [0.4, 0.5) is 18.9 Å². The van der Waals surface area contributed by atoms with Gasteiger partial charge in [0.25, 0.3) is 0 Å². The summed E-state index contributed by atoms with van der Waals surface area (Å²) < 4.78 is 43.5. The highest BCUT2D eigenvalue weighted by molar-refractivity contribution is 7.10. The van der Waals surface area contributed by atoms with Gasteiger partial charge in [0, 0.05) is 17.1 Å². The Kier molecular flexibility index (Phi) is 7.34. The quantitative estimate of drug-likeness (QED) is 0.622. The first-order chi connectivity index (χ1) is 12.8. The molecule has 0 aliphatic rings. The molecule has 6 nitrogen and oxygen atoms in total. The lowest BCUT2D eigenvalue weighted by Gasteiger charge is -2.16. The highest BCUT2D eigenvalue weighted by Gasteiger charge is 2.30. The molecular formula is C17H17F3N2O4S. The van der Waals surface area contributed by atoms with Crippen molar-refractivity contribution < 1.29 is 32.6 Å². The molecule has 1 heterocycles. The number of amides is 2. The molecule has 3 N–H and O–H groups in total. The van der Waals surface area contributed by atoms with Crippen LogP contribution in [-0.2, 0) is 20.5 Å². The van der Waals surface area contributed by atoms with Crippen LogP contribution in [0.2, 0.25) is 0 Å². The number of alkyl halides is 3. The van der Waals surface area contributed by atoms with E-state index in [9.17, 15) is 22.8 Å². The number of carbonyl (C=O) groups excluding carboxylic acids is 2. The van der Waals surface area contributed by atoms with Crippen molar-refractivity contribution >= 4 is 28.8 Å². The zero-order valence-corrected chi connectivity index (χ0v) is 14.8. The fourth-order valence-corrected chi connectivity index (χ4v) is 2.91. The van der Waals surface area contributed by atoms with Crippen molar-refractivity contribution in [2.24, 2.45) is 0 Å². The number of benzene rings is 1. The molecule has 1 atom stereocenters. The second-order valence-electron chi connectivity index (χ2n) is 5.34. The minimum Gasteiger partial charge on any atom is -0.394 e. The third-order valence-electron chi connectivity index (χ3n) is 3.37. The molecule has 2 aromatic rings. The van der Waals surface area contributed by atoms with Crippen molar-refractivity contribution in [3.8, 4) is 0 Å². The van der Waals surface area contributed by atoms with E-state index in [-0.39, 0.29) is 25.4 Å². The van der Waals surface area contributed by atoms with Gasteiger partial charge in [-0.05, 0) is 29.6 Å². The Bertz CT molecular complexity index is 766. The van der Waals surface area contributed by atoms with Crippen LogP contribution in [0.15, 0.2) is 41.8 Å². The van der Waals surface area contributed by atoms with Crippen LogP contribution in [0.5, 0.6) is 0 Å². The number of hydrogen-bond donors (Lipinski definition) is 3. The fraction of sp³-hybridized carbons (Fsp3) is 0.294. The van der Waals surface area contributed by atoms with E-state index in [1.165, 1.54) is 17.4 Å². The average Bonchev–Trinajstić information content (AvgIpc) is 3.15. The smallest absolute Gasteiger partial charge is 0.394 e. The van der Waals surface area contributed by atoms with Crippen molar-refractivity contribution in [1.29, 1.82) is 0 Å². The molecule has 0 saturated carbocycles. The average molecular weight is 402 g/mol. The minimum absolute atomic E-state index is 0.0324. The lowest BCUT2D eigenvalue weighted by Crippen LogP contribution is -2.38. The molecule has 0 aliphatic heterocycles. The maximum atomic E-state index is 12.7. The van der Waals surface area contributed by atoms with Crippen molar-refractivity contribution in [3.05, 3.63) is 52.2 Å². The topological polar surface area (TPSA) is 87.7 Å². The van der Waals surface area contributed by atoms with Gasteiger partial charge < -0.3 is 20.5 Å². The summed E-state index contributed by atoms with van der Waals surface area (Å²) in [6.45, 7) is -0.184. The minimum atomic E-state index is -4.55. The van der Waals surface area contributed by atoms with E-state index in [1.54, 1.807) is 12.1 Å². The predicted octanol–water partition coefficient (Wildman–Crippen LogP) is 2.57. The first kappa shape index (κ1) is 20.9. The number of hydrogen-bond acceptors (Lipinski definition) is 5. The van der Waals surface area contributed by atoms with Gasteiger partial charge in [-0.1, -0.05) is 12.1 Å². The number of nitrogens with one attached hydrogen (secondary N) is 2. The summed E-state index contributed by atoms with van der Waals surface area (Å²) in [5.41, 5.74) is -1.08. The monoisotopic (exact) mass is 402 g/mol. The number of rotatable bonds is 7. The lowest BCUT2D eigenvalue weighted by molar-refractivity contribution is -0.137. The molecule has 2 amide bonds. The second-order valence-corrected chi connectivity index (χ2v) is 6.32. The third kappa shape index (κ3) is 6.35. The number of ether oxygens (including phenoxy) is 1. The van der Waals surface area contributed by atoms with Gasteiger partial charge in [-0.3, -0.25) is 9.59 Å². The van der Waals surface area contributed by atoms with E-state index >= 15 is 0 Å². The van der Waals surface area contributed by atoms with Crippen LogP contribution < -0.4 is 10.6 Å². The third-order valence-corrected chi connectivity index (χ3v) is 4.34. The molecule has 1 aromatic heterocycles. The molecule has 2 rings (SSSR count). The first-order valence-corrected chi connectivity index (χ1v) is 8.71. The maximum absolute atomic E-state index is 12.7. The van der Waals surface area contributed by atoms with Crippen LogP contribution in [0.3, 0.4) is 0 Å². The molecule has 0 fully saturated rings. The van der Waals surface area contributed by atoms with E-state index in [0.717, 1.165) is 23.1 Å². The largest absolute Gasteiger partial charge is 0.416 e. The highest BCUT2D eigenvalue weighted by Crippen LogP contribution is 2.30. The maximum Gasteiger partial charge on any atom is 0.416 e. The first-order valence-electron chi connectivity index (χ1n) is 7.83. The molecule has 0 radical (unpaired) electrons. The molecule has 1 aromatic carbocycles. The van der Waals surface area contributed by atoms with E-state index in [0.29, 0.717) is 0 Å². The molecule has 0 spiro atoms. The van der Waals surface area contributed by atoms with Crippen LogP contribution in [0.25, 0.3) is 0 Å². The molecular weight excluding hydrogens is 385 g/mol. The van der Waals surface area contributed by atoms with Gasteiger partial charge in [0.15, 0.2) is 0 Å². The van der Waals surface area contributed by atoms with E-state index < -0.39 is 29.7 Å². The summed E-state index contributed by atoms with van der Waals surface area (Å²) >= 11 is 1.38. The summed E-state index contributed by atoms with van der Waals surface area (Å²) in [6, 6.07) is 7.55. The molecule has 10 heteroatoms. The van der Waals surface area contributed by atoms with Gasteiger partial charge in [0.2, 0.25) is 0 Å². The Morgan fingerprint density at radius 3 is 2.59 bits per heavy atom. The second kappa shape index (κ2) is 9.49. The van der Waals surface area contributed by atoms with Gasteiger partial charge in [0.05, 0.1) is 18.8 Å². The molecule has 0 unspecified atom stereocenters. The summed E-state index contributed by atoms with van der Waals surface area (Å²) in [5.74, 6) is -2.11. The van der Waals surface area contributed by atoms with Crippen LogP contribution in [0, 0.1) is 0 Å². The SMILES string of the molecule is O=C(NC[C@H](OCCO)c1cccs1)C(=O)Nc1cccc(C(F)(F)F)c1. The summed E-state index contributed by atoms with van der Waals surface area (Å²) in [6.07, 6.45) is -5.11. The fourth-order valence-electron chi connectivity index (χ4n) is 2.14. The Labute approximate surface area is 157 Å². The normalized spacial score (nSPS) is 12.4. The van der Waals surface area contributed by atoms with Crippen LogP contribution >= 0.6 is 11.3 Å². The highest BCUT2D eigenvalue weighted by atomic mass is 32.1. The van der Waals surface area contributed by atoms with Crippen molar-refractivity contribution in [2.45, 2.75) is 12.3 Å². The molecule has 0 saturated heterocycles. The molecule has 146 valence electrons. The molecule has 0 aliphatic carbocycles. The number of halogens is 3. The standard InChI is InChI=1S/C17H17F3N2O4S/c18-17(19,20)11-3-1-4-12(9-11)22-16(25)15(24)21-10-13(26-7-6-23)14-5-2-8-27-14/h1-5,8-9,13,23H,6-7,10H2,(H,21,24)(H,22,25)/t13-/m0/s1. The zero-order valence-electron chi connectivity index (χ0n) is 14.0. The molecule has 0 bridgehead atoms. The number of anilines is 1. The van der Waals surface area contributed by atoms with Crippen molar-refractivity contribution in [1.82, 2.24) is 5.32 Å². The van der Waals surface area contributed by atoms with Gasteiger partial charge >= 0.3 is 18.0 Å². The Morgan fingerprint density at radius 1 is 1.19 bits per heavy atom. The number of aliphatic hydroxyl groups is 1. The Hall–Kier alpha value is -2.43. The van der Waals surface area contributed by atoms with E-state index in [4.69, 9.17) is 9.84 Å². The van der Waals surface area contributed by atoms with Crippen molar-refractivity contribution in [2.75, 3.05) is 25.1 Å². The van der Waals surface area contributed by atoms with Gasteiger partial charge in [-0.2, -0.15) is 13.2 Å². The number of aliphatic hydroxyl groups excluding tert-OH is 1. The summed E-state index contributed by atoms with van der Waals surface area (Å²) in [4.78, 5) is 24.6. The van der Waals surface area contributed by atoms with Crippen LogP contribution in [-0.4, -0.2) is 36.7 Å². The van der Waals surface area contributed by atoms with Crippen molar-refractivity contribution in [3.63, 3.8) is 0 Å². The van der Waals surface area contributed by atoms with Gasteiger partial charge in [0.1, 0.15) is 6.10 Å². The summed E-state index contributed by atoms with van der Waals surface area (Å²) in [5, 5.41) is 15.2. The van der Waals surface area contributed by atoms with E-state index in [1.807, 2.05) is 5.38 Å². The van der Waals surface area contributed by atoms with Gasteiger partial charge in [-0.15, -0.1) is 11.3 Å². The summed E-state index contributed by atoms with van der Waals surface area (Å²) in [7, 11) is 0. The predicted molar refractivity (Wildman–Crippen MR) is 93.2 cm³/mol. The zero-order chi connectivity index (χ0) is 19.9. The lowest BCUT2D eigenvalue weighted by atomic mass is 10.2.